The van der Waals surface area contributed by atoms with E-state index in [1.165, 1.54) is 5.56 Å². The second-order valence-corrected chi connectivity index (χ2v) is 7.50. The smallest absolute Gasteiger partial charge is 0.224 e. The number of benzene rings is 1. The highest BCUT2D eigenvalue weighted by molar-refractivity contribution is 7.91. The van der Waals surface area contributed by atoms with E-state index in [1.54, 1.807) is 0 Å². The van der Waals surface area contributed by atoms with E-state index >= 15 is 0 Å². The first-order chi connectivity index (χ1) is 8.85. The van der Waals surface area contributed by atoms with E-state index in [2.05, 4.69) is 5.32 Å². The summed E-state index contributed by atoms with van der Waals surface area (Å²) in [5.41, 5.74) is 3.25. The molecule has 1 fully saturated rings. The van der Waals surface area contributed by atoms with Crippen LogP contribution in [0.3, 0.4) is 0 Å². The molecule has 0 aromatic heterocycles. The Balaban J connectivity index is 1.95. The van der Waals surface area contributed by atoms with Gasteiger partial charge in [-0.1, -0.05) is 23.8 Å². The van der Waals surface area contributed by atoms with Crippen LogP contribution >= 0.6 is 0 Å². The first kappa shape index (κ1) is 14.1. The van der Waals surface area contributed by atoms with Crippen LogP contribution in [0.1, 0.15) is 23.1 Å². The van der Waals surface area contributed by atoms with Gasteiger partial charge in [-0.25, -0.2) is 8.42 Å². The Morgan fingerprint density at radius 3 is 2.68 bits per heavy atom. The molecule has 1 saturated heterocycles. The van der Waals surface area contributed by atoms with Crippen LogP contribution in [0, 0.1) is 13.8 Å². The van der Waals surface area contributed by atoms with Crippen LogP contribution in [0.2, 0.25) is 0 Å². The predicted molar refractivity (Wildman–Crippen MR) is 74.8 cm³/mol. The minimum absolute atomic E-state index is 0.0750. The van der Waals surface area contributed by atoms with Gasteiger partial charge in [0.15, 0.2) is 9.84 Å². The second-order valence-electron chi connectivity index (χ2n) is 5.27. The van der Waals surface area contributed by atoms with Crippen LogP contribution < -0.4 is 5.32 Å². The summed E-state index contributed by atoms with van der Waals surface area (Å²) in [4.78, 5) is 11.9. The zero-order valence-electron chi connectivity index (χ0n) is 11.3. The summed E-state index contributed by atoms with van der Waals surface area (Å²) in [5, 5.41) is 2.81. The van der Waals surface area contributed by atoms with Crippen LogP contribution in [-0.4, -0.2) is 31.9 Å². The normalized spacial score (nSPS) is 21.3. The molecule has 1 aliphatic rings. The molecule has 1 aromatic carbocycles. The lowest BCUT2D eigenvalue weighted by Crippen LogP contribution is -2.36. The predicted octanol–water partition coefficient (Wildman–Crippen LogP) is 1.15. The van der Waals surface area contributed by atoms with Gasteiger partial charge in [-0.05, 0) is 31.4 Å². The maximum atomic E-state index is 11.9. The van der Waals surface area contributed by atoms with Crippen molar-refractivity contribution in [3.05, 3.63) is 34.9 Å². The lowest BCUT2D eigenvalue weighted by atomic mass is 10.0. The number of hydrogen-bond acceptors (Lipinski definition) is 3. The molecule has 1 aromatic rings. The molecule has 2 rings (SSSR count). The highest BCUT2D eigenvalue weighted by atomic mass is 32.2. The molecular formula is C14H19NO3S. The number of hydrogen-bond donors (Lipinski definition) is 1. The number of rotatable bonds is 3. The molecule has 0 radical (unpaired) electrons. The largest absolute Gasteiger partial charge is 0.352 e. The highest BCUT2D eigenvalue weighted by Crippen LogP contribution is 2.13. The Kier molecular flexibility index (Phi) is 3.94. The molecule has 1 amide bonds. The van der Waals surface area contributed by atoms with E-state index in [4.69, 9.17) is 0 Å². The summed E-state index contributed by atoms with van der Waals surface area (Å²) in [6.07, 6.45) is 0.837. The van der Waals surface area contributed by atoms with Crippen molar-refractivity contribution in [3.63, 3.8) is 0 Å². The third-order valence-electron chi connectivity index (χ3n) is 3.45. The molecule has 19 heavy (non-hydrogen) atoms. The topological polar surface area (TPSA) is 63.2 Å². The van der Waals surface area contributed by atoms with Crippen molar-refractivity contribution in [2.24, 2.45) is 0 Å². The van der Waals surface area contributed by atoms with Crippen molar-refractivity contribution in [2.45, 2.75) is 32.7 Å². The Morgan fingerprint density at radius 1 is 1.37 bits per heavy atom. The first-order valence-electron chi connectivity index (χ1n) is 6.42. The Labute approximate surface area is 114 Å². The van der Waals surface area contributed by atoms with Crippen molar-refractivity contribution < 1.29 is 13.2 Å². The lowest BCUT2D eigenvalue weighted by Gasteiger charge is -2.12. The monoisotopic (exact) mass is 281 g/mol. The molecule has 5 heteroatoms. The molecule has 1 heterocycles. The quantitative estimate of drug-likeness (QED) is 0.904. The van der Waals surface area contributed by atoms with E-state index in [-0.39, 0.29) is 23.5 Å². The molecule has 1 atom stereocenters. The first-order valence-corrected chi connectivity index (χ1v) is 8.24. The molecule has 1 N–H and O–H groups in total. The number of sulfone groups is 1. The van der Waals surface area contributed by atoms with Crippen LogP contribution in [-0.2, 0) is 21.1 Å². The van der Waals surface area contributed by atoms with Gasteiger partial charge in [0.2, 0.25) is 5.91 Å². The van der Waals surface area contributed by atoms with E-state index < -0.39 is 9.84 Å². The molecule has 0 bridgehead atoms. The summed E-state index contributed by atoms with van der Waals surface area (Å²) in [6.45, 7) is 4.00. The van der Waals surface area contributed by atoms with Gasteiger partial charge in [-0.15, -0.1) is 0 Å². The number of amides is 1. The summed E-state index contributed by atoms with van der Waals surface area (Å²) < 4.78 is 22.6. The van der Waals surface area contributed by atoms with Crippen molar-refractivity contribution in [2.75, 3.05) is 11.5 Å². The minimum atomic E-state index is -2.94. The summed E-state index contributed by atoms with van der Waals surface area (Å²) in [6, 6.07) is 5.76. The Hall–Kier alpha value is -1.36. The fourth-order valence-electron chi connectivity index (χ4n) is 2.40. The third kappa shape index (κ3) is 3.80. The standard InChI is InChI=1S/C14H19NO3S/c1-10-3-4-12(11(2)7-10)8-14(16)15-13-5-6-19(17,18)9-13/h3-4,7,13H,5-6,8-9H2,1-2H3,(H,15,16). The number of nitrogens with one attached hydrogen (secondary N) is 1. The fraction of sp³-hybridized carbons (Fsp3) is 0.500. The van der Waals surface area contributed by atoms with Gasteiger partial charge >= 0.3 is 0 Å². The summed E-state index contributed by atoms with van der Waals surface area (Å²) >= 11 is 0. The van der Waals surface area contributed by atoms with E-state index in [0.29, 0.717) is 12.8 Å². The van der Waals surface area contributed by atoms with E-state index in [9.17, 15) is 13.2 Å². The SMILES string of the molecule is Cc1ccc(CC(=O)NC2CCS(=O)(=O)C2)c(C)c1. The molecule has 104 valence electrons. The van der Waals surface area contributed by atoms with Crippen LogP contribution in [0.25, 0.3) is 0 Å². The van der Waals surface area contributed by atoms with Crippen molar-refractivity contribution in [3.8, 4) is 0 Å². The fourth-order valence-corrected chi connectivity index (χ4v) is 4.08. The Morgan fingerprint density at radius 2 is 2.11 bits per heavy atom. The van der Waals surface area contributed by atoms with Crippen LogP contribution in [0.5, 0.6) is 0 Å². The van der Waals surface area contributed by atoms with Crippen LogP contribution in [0.4, 0.5) is 0 Å². The maximum absolute atomic E-state index is 11.9. The molecule has 4 nitrogen and oxygen atoms in total. The number of carbonyl (C=O) groups excluding carboxylic acids is 1. The van der Waals surface area contributed by atoms with Gasteiger partial charge in [0.25, 0.3) is 0 Å². The second kappa shape index (κ2) is 5.33. The summed E-state index contributed by atoms with van der Waals surface area (Å²) in [5.74, 6) is 0.154. The van der Waals surface area contributed by atoms with Gasteiger partial charge in [0.05, 0.1) is 17.9 Å². The van der Waals surface area contributed by atoms with Crippen molar-refractivity contribution in [1.82, 2.24) is 5.32 Å². The zero-order valence-corrected chi connectivity index (χ0v) is 12.1. The molecule has 0 aliphatic carbocycles. The van der Waals surface area contributed by atoms with Gasteiger partial charge in [0.1, 0.15) is 0 Å². The van der Waals surface area contributed by atoms with Gasteiger partial charge in [-0.3, -0.25) is 4.79 Å². The van der Waals surface area contributed by atoms with Crippen molar-refractivity contribution >= 4 is 15.7 Å². The number of aryl methyl sites for hydroxylation is 2. The highest BCUT2D eigenvalue weighted by Gasteiger charge is 2.28. The average Bonchev–Trinajstić information content (AvgIpc) is 2.62. The third-order valence-corrected chi connectivity index (χ3v) is 5.21. The maximum Gasteiger partial charge on any atom is 0.224 e. The van der Waals surface area contributed by atoms with Gasteiger partial charge < -0.3 is 5.32 Å². The zero-order chi connectivity index (χ0) is 14.0. The average molecular weight is 281 g/mol. The number of carbonyl (C=O) groups is 1. The molecule has 0 saturated carbocycles. The molecule has 1 aliphatic heterocycles. The van der Waals surface area contributed by atoms with Gasteiger partial charge in [0, 0.05) is 6.04 Å². The Bertz CT molecular complexity index is 593. The van der Waals surface area contributed by atoms with Crippen LogP contribution in [0.15, 0.2) is 18.2 Å². The molecule has 0 spiro atoms. The molecular weight excluding hydrogens is 262 g/mol. The van der Waals surface area contributed by atoms with E-state index in [0.717, 1.165) is 11.1 Å². The van der Waals surface area contributed by atoms with Crippen molar-refractivity contribution in [1.29, 1.82) is 0 Å². The summed E-state index contributed by atoms with van der Waals surface area (Å²) in [7, 11) is -2.94. The van der Waals surface area contributed by atoms with E-state index in [1.807, 2.05) is 32.0 Å². The minimum Gasteiger partial charge on any atom is -0.352 e. The van der Waals surface area contributed by atoms with Gasteiger partial charge in [-0.2, -0.15) is 0 Å². The lowest BCUT2D eigenvalue weighted by molar-refractivity contribution is -0.121. The molecule has 1 unspecified atom stereocenters.